The van der Waals surface area contributed by atoms with Gasteiger partial charge in [0.2, 0.25) is 0 Å². The number of benzene rings is 2. The number of rotatable bonds is 7. The second-order valence-electron chi connectivity index (χ2n) is 7.36. The molecule has 0 aliphatic heterocycles. The molecule has 2 N–H and O–H groups in total. The molecule has 0 bridgehead atoms. The number of amides is 2. The van der Waals surface area contributed by atoms with Gasteiger partial charge in [0.15, 0.2) is 12.6 Å². The quantitative estimate of drug-likeness (QED) is 0.764. The third-order valence-electron chi connectivity index (χ3n) is 5.11. The number of nitrogens with zero attached hydrogens (tertiary/aromatic N) is 1. The Balaban J connectivity index is 1.93. The van der Waals surface area contributed by atoms with E-state index < -0.39 is 6.04 Å². The van der Waals surface area contributed by atoms with E-state index in [0.717, 1.165) is 27.3 Å². The number of aryl methyl sites for hydroxylation is 1. The van der Waals surface area contributed by atoms with Gasteiger partial charge >= 0.3 is 0 Å². The lowest BCUT2D eigenvalue weighted by Gasteiger charge is -2.25. The molecule has 0 radical (unpaired) electrons. The number of carbonyl (C=O) groups is 2. The lowest BCUT2D eigenvalue weighted by Crippen LogP contribution is -3.15. The van der Waals surface area contributed by atoms with Crippen molar-refractivity contribution in [2.45, 2.75) is 33.4 Å². The van der Waals surface area contributed by atoms with Crippen LogP contribution in [0.15, 0.2) is 42.5 Å². The third-order valence-corrected chi connectivity index (χ3v) is 5.11. The molecule has 2 aromatic rings. The van der Waals surface area contributed by atoms with Crippen molar-refractivity contribution in [2.24, 2.45) is 0 Å². The molecule has 2 amide bonds. The molecule has 150 valence electrons. The van der Waals surface area contributed by atoms with Crippen LogP contribution in [0.3, 0.4) is 0 Å². The first-order valence-corrected chi connectivity index (χ1v) is 9.37. The normalized spacial score (nSPS) is 12.9. The van der Waals surface area contributed by atoms with E-state index in [2.05, 4.69) is 5.32 Å². The fourth-order valence-corrected chi connectivity index (χ4v) is 3.02. The Hall–Kier alpha value is -2.73. The Morgan fingerprint density at radius 2 is 1.86 bits per heavy atom. The van der Waals surface area contributed by atoms with E-state index in [-0.39, 0.29) is 24.2 Å². The maximum Gasteiger partial charge on any atom is 0.280 e. The summed E-state index contributed by atoms with van der Waals surface area (Å²) in [6.45, 7) is 6.26. The zero-order valence-electron chi connectivity index (χ0n) is 17.2. The van der Waals surface area contributed by atoms with Gasteiger partial charge in [0.1, 0.15) is 5.82 Å². The van der Waals surface area contributed by atoms with Gasteiger partial charge in [-0.3, -0.25) is 9.59 Å². The Morgan fingerprint density at radius 1 is 1.18 bits per heavy atom. The van der Waals surface area contributed by atoms with E-state index in [0.29, 0.717) is 6.54 Å². The van der Waals surface area contributed by atoms with Crippen LogP contribution in [-0.4, -0.2) is 43.4 Å². The summed E-state index contributed by atoms with van der Waals surface area (Å²) in [5.41, 5.74) is 3.67. The summed E-state index contributed by atoms with van der Waals surface area (Å²) in [5.74, 6) is -0.558. The Labute approximate surface area is 166 Å². The molecule has 0 aliphatic rings. The first-order chi connectivity index (χ1) is 13.2. The van der Waals surface area contributed by atoms with Gasteiger partial charge in [0.25, 0.3) is 11.8 Å². The Kier molecular flexibility index (Phi) is 7.29. The first-order valence-electron chi connectivity index (χ1n) is 9.37. The summed E-state index contributed by atoms with van der Waals surface area (Å²) >= 11 is 0. The average Bonchev–Trinajstić information content (AvgIpc) is 2.64. The number of likely N-dealkylation sites (N-methyl/N-ethyl adjacent to an activating group) is 2. The SMILES string of the molecule is Cc1cccc(NC(=O)C[NH+](C)[C@H](C)C(=O)N(C)Cc2cccc(F)c2)c1C. The van der Waals surface area contributed by atoms with Gasteiger partial charge < -0.3 is 15.1 Å². The van der Waals surface area contributed by atoms with Crippen molar-refractivity contribution in [3.05, 3.63) is 65.0 Å². The van der Waals surface area contributed by atoms with Crippen LogP contribution >= 0.6 is 0 Å². The minimum atomic E-state index is -0.400. The van der Waals surface area contributed by atoms with Crippen molar-refractivity contribution >= 4 is 17.5 Å². The number of hydrogen-bond acceptors (Lipinski definition) is 2. The summed E-state index contributed by atoms with van der Waals surface area (Å²) in [4.78, 5) is 27.5. The Morgan fingerprint density at radius 3 is 2.54 bits per heavy atom. The molecule has 2 atom stereocenters. The third kappa shape index (κ3) is 5.63. The van der Waals surface area contributed by atoms with Gasteiger partial charge in [-0.05, 0) is 55.7 Å². The molecule has 0 fully saturated rings. The highest BCUT2D eigenvalue weighted by atomic mass is 19.1. The Bertz CT molecular complexity index is 853. The predicted molar refractivity (Wildman–Crippen MR) is 109 cm³/mol. The molecule has 1 unspecified atom stereocenters. The standard InChI is InChI=1S/C22H28FN3O2/c1-15-8-6-11-20(16(15)2)24-21(27)14-25(4)17(3)22(28)26(5)13-18-9-7-10-19(23)12-18/h6-12,17H,13-14H2,1-5H3,(H,24,27)/p+1/t17-/m1/s1. The van der Waals surface area contributed by atoms with Crippen molar-refractivity contribution in [2.75, 3.05) is 26.0 Å². The van der Waals surface area contributed by atoms with Crippen molar-refractivity contribution < 1.29 is 18.9 Å². The topological polar surface area (TPSA) is 53.9 Å². The van der Waals surface area contributed by atoms with E-state index in [1.807, 2.05) is 39.1 Å². The number of carbonyl (C=O) groups excluding carboxylic acids is 2. The zero-order valence-corrected chi connectivity index (χ0v) is 17.2. The summed E-state index contributed by atoms with van der Waals surface area (Å²) in [5, 5.41) is 2.92. The second-order valence-corrected chi connectivity index (χ2v) is 7.36. The summed E-state index contributed by atoms with van der Waals surface area (Å²) in [6.07, 6.45) is 0. The number of quaternary nitrogens is 1. The molecular weight excluding hydrogens is 357 g/mol. The van der Waals surface area contributed by atoms with Gasteiger partial charge in [-0.1, -0.05) is 24.3 Å². The molecule has 0 saturated carbocycles. The van der Waals surface area contributed by atoms with E-state index in [9.17, 15) is 14.0 Å². The highest BCUT2D eigenvalue weighted by Crippen LogP contribution is 2.17. The monoisotopic (exact) mass is 386 g/mol. The molecule has 0 spiro atoms. The van der Waals surface area contributed by atoms with E-state index >= 15 is 0 Å². The van der Waals surface area contributed by atoms with Gasteiger partial charge in [0, 0.05) is 19.3 Å². The molecule has 0 heterocycles. The smallest absolute Gasteiger partial charge is 0.280 e. The van der Waals surface area contributed by atoms with Crippen molar-refractivity contribution in [1.29, 1.82) is 0 Å². The van der Waals surface area contributed by atoms with Gasteiger partial charge in [0.05, 0.1) is 7.05 Å². The molecule has 0 aromatic heterocycles. The molecule has 0 aliphatic carbocycles. The van der Waals surface area contributed by atoms with E-state index in [1.165, 1.54) is 12.1 Å². The highest BCUT2D eigenvalue weighted by molar-refractivity contribution is 5.92. The highest BCUT2D eigenvalue weighted by Gasteiger charge is 2.27. The summed E-state index contributed by atoms with van der Waals surface area (Å²) < 4.78 is 13.3. The molecule has 6 heteroatoms. The minimum Gasteiger partial charge on any atom is -0.336 e. The minimum absolute atomic E-state index is 0.0960. The maximum absolute atomic E-state index is 13.3. The average molecular weight is 386 g/mol. The van der Waals surface area contributed by atoms with Gasteiger partial charge in [-0.25, -0.2) is 4.39 Å². The van der Waals surface area contributed by atoms with Crippen LogP contribution in [0.1, 0.15) is 23.6 Å². The van der Waals surface area contributed by atoms with Crippen LogP contribution in [0.25, 0.3) is 0 Å². The fraction of sp³-hybridized carbons (Fsp3) is 0.364. The van der Waals surface area contributed by atoms with Crippen LogP contribution in [0.5, 0.6) is 0 Å². The molecule has 2 aromatic carbocycles. The number of hydrogen-bond donors (Lipinski definition) is 2. The van der Waals surface area contributed by atoms with Crippen LogP contribution in [0.4, 0.5) is 10.1 Å². The van der Waals surface area contributed by atoms with E-state index in [4.69, 9.17) is 0 Å². The van der Waals surface area contributed by atoms with Crippen LogP contribution < -0.4 is 10.2 Å². The second kappa shape index (κ2) is 9.46. The number of halogens is 1. The lowest BCUT2D eigenvalue weighted by molar-refractivity contribution is -0.886. The van der Waals surface area contributed by atoms with Crippen molar-refractivity contribution in [1.82, 2.24) is 4.90 Å². The van der Waals surface area contributed by atoms with Crippen molar-refractivity contribution in [3.63, 3.8) is 0 Å². The molecule has 2 rings (SSSR count). The lowest BCUT2D eigenvalue weighted by atomic mass is 10.1. The fourth-order valence-electron chi connectivity index (χ4n) is 3.02. The maximum atomic E-state index is 13.3. The molecule has 5 nitrogen and oxygen atoms in total. The molecule has 0 saturated heterocycles. The van der Waals surface area contributed by atoms with Crippen LogP contribution in [0, 0.1) is 19.7 Å². The first kappa shape index (κ1) is 21.6. The van der Waals surface area contributed by atoms with Gasteiger partial charge in [-0.15, -0.1) is 0 Å². The van der Waals surface area contributed by atoms with Gasteiger partial charge in [-0.2, -0.15) is 0 Å². The molecule has 28 heavy (non-hydrogen) atoms. The predicted octanol–water partition coefficient (Wildman–Crippen LogP) is 1.94. The largest absolute Gasteiger partial charge is 0.336 e. The summed E-state index contributed by atoms with van der Waals surface area (Å²) in [6, 6.07) is 11.6. The number of anilines is 1. The zero-order chi connectivity index (χ0) is 20.8. The summed E-state index contributed by atoms with van der Waals surface area (Å²) in [7, 11) is 3.51. The number of nitrogens with one attached hydrogen (secondary N) is 2. The molecular formula is C22H29FN3O2+. The van der Waals surface area contributed by atoms with E-state index in [1.54, 1.807) is 31.0 Å². The van der Waals surface area contributed by atoms with Crippen LogP contribution in [-0.2, 0) is 16.1 Å². The van der Waals surface area contributed by atoms with Crippen LogP contribution in [0.2, 0.25) is 0 Å². The van der Waals surface area contributed by atoms with Crippen molar-refractivity contribution in [3.8, 4) is 0 Å².